The van der Waals surface area contributed by atoms with Crippen molar-refractivity contribution in [2.75, 3.05) is 0 Å². The minimum Gasteiger partial charge on any atom is -0.288 e. The maximum Gasteiger partial charge on any atom is 0.266 e. The molecule has 0 bridgehead atoms. The van der Waals surface area contributed by atoms with E-state index in [4.69, 9.17) is 12.2 Å². The Morgan fingerprint density at radius 1 is 1.30 bits per heavy atom. The molecule has 5 nitrogen and oxygen atoms in total. The minimum atomic E-state index is -0.405. The summed E-state index contributed by atoms with van der Waals surface area (Å²) in [6, 6.07) is 9.62. The fourth-order valence-corrected chi connectivity index (χ4v) is 3.60. The molecule has 1 aliphatic carbocycles. The normalized spacial score (nSPS) is 19.3. The Morgan fingerprint density at radius 3 is 2.70 bits per heavy atom. The Morgan fingerprint density at radius 2 is 2.04 bits per heavy atom. The average molecular weight is 344 g/mol. The van der Waals surface area contributed by atoms with Gasteiger partial charge in [0.1, 0.15) is 4.32 Å². The van der Waals surface area contributed by atoms with Gasteiger partial charge in [0.05, 0.1) is 22.8 Å². The molecule has 1 aromatic rings. The molecule has 0 N–H and O–H groups in total. The van der Waals surface area contributed by atoms with Crippen LogP contribution in [0.25, 0.3) is 0 Å². The fraction of sp³-hybridized carbons (Fsp3) is 0.125. The van der Waals surface area contributed by atoms with E-state index >= 15 is 0 Å². The van der Waals surface area contributed by atoms with Gasteiger partial charge in [0.15, 0.2) is 0 Å². The first-order chi connectivity index (χ1) is 11.0. The first-order valence-corrected chi connectivity index (χ1v) is 8.10. The van der Waals surface area contributed by atoms with Gasteiger partial charge in [0, 0.05) is 6.08 Å². The van der Waals surface area contributed by atoms with Gasteiger partial charge in [-0.1, -0.05) is 60.4 Å². The second kappa shape index (κ2) is 6.47. The van der Waals surface area contributed by atoms with Gasteiger partial charge in [-0.05, 0) is 17.2 Å². The van der Waals surface area contributed by atoms with Crippen molar-refractivity contribution in [1.82, 2.24) is 4.90 Å². The quantitative estimate of drug-likeness (QED) is 0.362. The third kappa shape index (κ3) is 3.40. The Bertz CT molecular complexity index is 782. The van der Waals surface area contributed by atoms with Crippen LogP contribution in [0.4, 0.5) is 0 Å². The van der Waals surface area contributed by atoms with Gasteiger partial charge in [0.2, 0.25) is 0 Å². The molecule has 2 aliphatic rings. The van der Waals surface area contributed by atoms with Crippen LogP contribution in [0.15, 0.2) is 64.7 Å². The third-order valence-corrected chi connectivity index (χ3v) is 4.86. The molecule has 1 aliphatic heterocycles. The molecular formula is C16H12N2O3S2. The van der Waals surface area contributed by atoms with Crippen molar-refractivity contribution in [3.8, 4) is 0 Å². The summed E-state index contributed by atoms with van der Waals surface area (Å²) in [7, 11) is 0. The lowest BCUT2D eigenvalue weighted by atomic mass is 10.2. The number of amides is 1. The van der Waals surface area contributed by atoms with E-state index in [0.29, 0.717) is 15.8 Å². The maximum absolute atomic E-state index is 12.5. The molecule has 0 aromatic heterocycles. The Labute approximate surface area is 142 Å². The summed E-state index contributed by atoms with van der Waals surface area (Å²) in [6.07, 6.45) is 5.06. The Balaban J connectivity index is 1.72. The van der Waals surface area contributed by atoms with Crippen molar-refractivity contribution in [3.63, 3.8) is 0 Å². The van der Waals surface area contributed by atoms with Crippen LogP contribution in [-0.2, 0) is 11.3 Å². The number of thioether (sulfide) groups is 1. The molecular weight excluding hydrogens is 332 g/mol. The number of hydrogen-bond acceptors (Lipinski definition) is 5. The molecule has 23 heavy (non-hydrogen) atoms. The summed E-state index contributed by atoms with van der Waals surface area (Å²) < 4.78 is 0.506. The van der Waals surface area contributed by atoms with E-state index in [-0.39, 0.29) is 18.0 Å². The van der Waals surface area contributed by atoms with Crippen molar-refractivity contribution in [3.05, 3.63) is 80.4 Å². The van der Waals surface area contributed by atoms with Crippen LogP contribution in [0.2, 0.25) is 0 Å². The standard InChI is InChI=1S/C16H12N2O3S2/c19-15-14(9-12-6-7-13(8-12)18(20)21)23-16(22)17(15)10-11-4-2-1-3-5-11/h1-7,9H,8,10H2. The van der Waals surface area contributed by atoms with E-state index in [9.17, 15) is 14.9 Å². The van der Waals surface area contributed by atoms with Crippen LogP contribution >= 0.6 is 24.0 Å². The lowest BCUT2D eigenvalue weighted by Crippen LogP contribution is -2.27. The van der Waals surface area contributed by atoms with E-state index in [1.807, 2.05) is 30.3 Å². The van der Waals surface area contributed by atoms with Crippen LogP contribution in [0.1, 0.15) is 12.0 Å². The van der Waals surface area contributed by atoms with Crippen LogP contribution in [0.3, 0.4) is 0 Å². The maximum atomic E-state index is 12.5. The summed E-state index contributed by atoms with van der Waals surface area (Å²) in [5, 5.41) is 10.7. The molecule has 3 rings (SSSR count). The third-order valence-electron chi connectivity index (χ3n) is 3.48. The second-order valence-electron chi connectivity index (χ2n) is 5.09. The first-order valence-electron chi connectivity index (χ1n) is 6.88. The molecule has 0 spiro atoms. The van der Waals surface area contributed by atoms with Crippen LogP contribution in [0, 0.1) is 10.1 Å². The van der Waals surface area contributed by atoms with E-state index in [2.05, 4.69) is 0 Å². The summed E-state index contributed by atoms with van der Waals surface area (Å²) >= 11 is 6.52. The van der Waals surface area contributed by atoms with Gasteiger partial charge in [0.25, 0.3) is 11.6 Å². The first kappa shape index (κ1) is 15.6. The highest BCUT2D eigenvalue weighted by molar-refractivity contribution is 8.26. The number of carbonyl (C=O) groups excluding carboxylic acids is 1. The second-order valence-corrected chi connectivity index (χ2v) is 6.76. The zero-order valence-electron chi connectivity index (χ0n) is 12.0. The molecule has 1 amide bonds. The van der Waals surface area contributed by atoms with Crippen molar-refractivity contribution in [2.45, 2.75) is 13.0 Å². The van der Waals surface area contributed by atoms with Gasteiger partial charge in [-0.15, -0.1) is 0 Å². The fourth-order valence-electron chi connectivity index (χ4n) is 2.33. The molecule has 0 unspecified atom stereocenters. The number of benzene rings is 1. The highest BCUT2D eigenvalue weighted by atomic mass is 32.2. The van der Waals surface area contributed by atoms with Gasteiger partial charge >= 0.3 is 0 Å². The lowest BCUT2D eigenvalue weighted by Gasteiger charge is -2.14. The zero-order chi connectivity index (χ0) is 16.4. The number of nitrogens with zero attached hydrogens (tertiary/aromatic N) is 2. The van der Waals surface area contributed by atoms with Crippen molar-refractivity contribution >= 4 is 34.2 Å². The molecule has 0 atom stereocenters. The lowest BCUT2D eigenvalue weighted by molar-refractivity contribution is -0.426. The van der Waals surface area contributed by atoms with Crippen molar-refractivity contribution < 1.29 is 9.72 Å². The molecule has 0 radical (unpaired) electrons. The van der Waals surface area contributed by atoms with Crippen LogP contribution in [-0.4, -0.2) is 20.1 Å². The molecule has 1 aromatic carbocycles. The van der Waals surface area contributed by atoms with Gasteiger partial charge in [-0.3, -0.25) is 19.8 Å². The molecule has 1 saturated heterocycles. The van der Waals surface area contributed by atoms with Crippen molar-refractivity contribution in [2.24, 2.45) is 0 Å². The predicted octanol–water partition coefficient (Wildman–Crippen LogP) is 3.42. The molecule has 1 fully saturated rings. The number of carbonyl (C=O) groups is 1. The number of thiocarbonyl (C=S) groups is 1. The number of nitro groups is 1. The molecule has 0 saturated carbocycles. The van der Waals surface area contributed by atoms with E-state index in [0.717, 1.165) is 11.1 Å². The van der Waals surface area contributed by atoms with E-state index in [1.54, 1.807) is 17.1 Å². The highest BCUT2D eigenvalue weighted by Gasteiger charge is 2.32. The van der Waals surface area contributed by atoms with Crippen LogP contribution in [0.5, 0.6) is 0 Å². The van der Waals surface area contributed by atoms with Gasteiger partial charge in [-0.25, -0.2) is 0 Å². The average Bonchev–Trinajstić information content (AvgIpc) is 3.10. The minimum absolute atomic E-state index is 0.135. The Hall–Kier alpha value is -2.25. The zero-order valence-corrected chi connectivity index (χ0v) is 13.6. The molecule has 7 heteroatoms. The summed E-state index contributed by atoms with van der Waals surface area (Å²) in [5.74, 6) is -0.153. The topological polar surface area (TPSA) is 63.4 Å². The predicted molar refractivity (Wildman–Crippen MR) is 93.0 cm³/mol. The summed E-state index contributed by atoms with van der Waals surface area (Å²) in [4.78, 5) is 24.9. The number of rotatable bonds is 4. The smallest absolute Gasteiger partial charge is 0.266 e. The molecule has 116 valence electrons. The number of hydrogen-bond donors (Lipinski definition) is 0. The van der Waals surface area contributed by atoms with Gasteiger partial charge < -0.3 is 0 Å². The number of allylic oxidation sites excluding steroid dienone is 4. The van der Waals surface area contributed by atoms with Gasteiger partial charge in [-0.2, -0.15) is 0 Å². The Kier molecular flexibility index (Phi) is 4.40. The van der Waals surface area contributed by atoms with Crippen molar-refractivity contribution in [1.29, 1.82) is 0 Å². The monoisotopic (exact) mass is 344 g/mol. The van der Waals surface area contributed by atoms with Crippen LogP contribution < -0.4 is 0 Å². The largest absolute Gasteiger partial charge is 0.288 e. The highest BCUT2D eigenvalue weighted by Crippen LogP contribution is 2.34. The summed E-state index contributed by atoms with van der Waals surface area (Å²) in [5.41, 5.74) is 1.88. The SMILES string of the molecule is O=C1C(=CC2=CC=C([N+](=O)[O-])C2)SC(=S)N1Cc1ccccc1. The summed E-state index contributed by atoms with van der Waals surface area (Å²) in [6.45, 7) is 0.431. The molecule has 1 heterocycles. The van der Waals surface area contributed by atoms with E-state index < -0.39 is 4.92 Å². The van der Waals surface area contributed by atoms with E-state index in [1.165, 1.54) is 17.8 Å².